The molecular formula is C15H25N5O4. The Hall–Kier alpha value is -2.42. The molecule has 2 amide bonds. The zero-order valence-corrected chi connectivity index (χ0v) is 14.2. The van der Waals surface area contributed by atoms with Crippen molar-refractivity contribution in [2.24, 2.45) is 11.7 Å². The number of nitrogens with zero attached hydrogens (tertiary/aromatic N) is 1. The first-order valence-corrected chi connectivity index (χ1v) is 7.71. The monoisotopic (exact) mass is 339 g/mol. The van der Waals surface area contributed by atoms with Gasteiger partial charge in [0.2, 0.25) is 11.8 Å². The first-order valence-electron chi connectivity index (χ1n) is 7.71. The molecule has 1 aromatic heterocycles. The highest BCUT2D eigenvalue weighted by molar-refractivity contribution is 5.91. The van der Waals surface area contributed by atoms with Gasteiger partial charge in [0.15, 0.2) is 0 Å². The van der Waals surface area contributed by atoms with Crippen LogP contribution in [0.25, 0.3) is 0 Å². The van der Waals surface area contributed by atoms with Gasteiger partial charge in [0, 0.05) is 18.3 Å². The van der Waals surface area contributed by atoms with Crippen LogP contribution in [0.4, 0.5) is 0 Å². The van der Waals surface area contributed by atoms with Crippen LogP contribution in [-0.4, -0.2) is 53.5 Å². The van der Waals surface area contributed by atoms with E-state index in [0.717, 1.165) is 0 Å². The average Bonchev–Trinajstić information content (AvgIpc) is 3.03. The fourth-order valence-electron chi connectivity index (χ4n) is 2.07. The van der Waals surface area contributed by atoms with Crippen molar-refractivity contribution in [1.29, 1.82) is 0 Å². The molecule has 9 nitrogen and oxygen atoms in total. The van der Waals surface area contributed by atoms with Crippen molar-refractivity contribution in [3.05, 3.63) is 18.2 Å². The smallest absolute Gasteiger partial charge is 0.325 e. The molecule has 0 aliphatic carbocycles. The average molecular weight is 339 g/mol. The van der Waals surface area contributed by atoms with E-state index < -0.39 is 29.9 Å². The third kappa shape index (κ3) is 6.78. The second-order valence-corrected chi connectivity index (χ2v) is 5.87. The van der Waals surface area contributed by atoms with Gasteiger partial charge in [-0.05, 0) is 12.3 Å². The summed E-state index contributed by atoms with van der Waals surface area (Å²) >= 11 is 0. The highest BCUT2D eigenvalue weighted by Gasteiger charge is 2.25. The molecule has 134 valence electrons. The minimum Gasteiger partial charge on any atom is -0.468 e. The summed E-state index contributed by atoms with van der Waals surface area (Å²) in [5, 5.41) is 5.05. The molecule has 2 unspecified atom stereocenters. The summed E-state index contributed by atoms with van der Waals surface area (Å²) in [5.41, 5.74) is 6.52. The van der Waals surface area contributed by atoms with Gasteiger partial charge in [-0.25, -0.2) is 4.98 Å². The lowest BCUT2D eigenvalue weighted by Crippen LogP contribution is -2.53. The maximum absolute atomic E-state index is 12.3. The lowest BCUT2D eigenvalue weighted by Gasteiger charge is -2.20. The molecule has 0 saturated heterocycles. The van der Waals surface area contributed by atoms with Crippen molar-refractivity contribution >= 4 is 17.8 Å². The number of hydrogen-bond acceptors (Lipinski definition) is 6. The standard InChI is InChI=1S/C15H25N5O4/c1-9(2)4-11(16)14(22)20-12(5-10-6-17-8-19-10)15(23)18-7-13(21)24-3/h6,8-9,11-12H,4-5,7,16H2,1-3H3,(H,17,19)(H,18,23)(H,20,22). The minimum atomic E-state index is -0.874. The van der Waals surface area contributed by atoms with Gasteiger partial charge in [0.05, 0.1) is 19.5 Å². The van der Waals surface area contributed by atoms with E-state index in [2.05, 4.69) is 25.3 Å². The Kier molecular flexibility index (Phi) is 7.90. The topological polar surface area (TPSA) is 139 Å². The summed E-state index contributed by atoms with van der Waals surface area (Å²) < 4.78 is 4.47. The number of aromatic amines is 1. The van der Waals surface area contributed by atoms with Gasteiger partial charge in [0.1, 0.15) is 12.6 Å². The molecular weight excluding hydrogens is 314 g/mol. The number of nitrogens with one attached hydrogen (secondary N) is 3. The fourth-order valence-corrected chi connectivity index (χ4v) is 2.07. The zero-order chi connectivity index (χ0) is 18.1. The zero-order valence-electron chi connectivity index (χ0n) is 14.2. The highest BCUT2D eigenvalue weighted by atomic mass is 16.5. The Morgan fingerprint density at radius 3 is 2.58 bits per heavy atom. The number of nitrogens with two attached hydrogens (primary N) is 1. The van der Waals surface area contributed by atoms with E-state index in [-0.39, 0.29) is 18.9 Å². The Morgan fingerprint density at radius 1 is 1.33 bits per heavy atom. The van der Waals surface area contributed by atoms with Crippen LogP contribution in [0, 0.1) is 5.92 Å². The predicted octanol–water partition coefficient (Wildman–Crippen LogP) is -0.900. The molecule has 1 rings (SSSR count). The third-order valence-corrected chi connectivity index (χ3v) is 3.31. The van der Waals surface area contributed by atoms with Gasteiger partial charge in [-0.15, -0.1) is 0 Å². The largest absolute Gasteiger partial charge is 0.468 e. The predicted molar refractivity (Wildman–Crippen MR) is 86.7 cm³/mol. The van der Waals surface area contributed by atoms with Crippen molar-refractivity contribution in [3.8, 4) is 0 Å². The number of hydrogen-bond donors (Lipinski definition) is 4. The number of carbonyl (C=O) groups excluding carboxylic acids is 3. The van der Waals surface area contributed by atoms with Crippen molar-refractivity contribution in [2.45, 2.75) is 38.8 Å². The maximum atomic E-state index is 12.3. The van der Waals surface area contributed by atoms with Crippen molar-refractivity contribution in [1.82, 2.24) is 20.6 Å². The first-order chi connectivity index (χ1) is 11.3. The molecule has 0 fully saturated rings. The second kappa shape index (κ2) is 9.66. The van der Waals surface area contributed by atoms with E-state index in [9.17, 15) is 14.4 Å². The molecule has 1 aromatic rings. The van der Waals surface area contributed by atoms with E-state index in [0.29, 0.717) is 12.1 Å². The summed E-state index contributed by atoms with van der Waals surface area (Å²) in [7, 11) is 1.23. The molecule has 0 radical (unpaired) electrons. The normalized spacial score (nSPS) is 13.2. The summed E-state index contributed by atoms with van der Waals surface area (Å²) in [6, 6.07) is -1.58. The van der Waals surface area contributed by atoms with Crippen LogP contribution < -0.4 is 16.4 Å². The SMILES string of the molecule is COC(=O)CNC(=O)C(Cc1cnc[nH]1)NC(=O)C(N)CC(C)C. The van der Waals surface area contributed by atoms with Crippen LogP contribution in [-0.2, 0) is 25.5 Å². The lowest BCUT2D eigenvalue weighted by atomic mass is 10.0. The number of carbonyl (C=O) groups is 3. The van der Waals surface area contributed by atoms with E-state index in [4.69, 9.17) is 5.73 Å². The summed E-state index contributed by atoms with van der Waals surface area (Å²) in [6.45, 7) is 3.64. The molecule has 0 bridgehead atoms. The van der Waals surface area contributed by atoms with Crippen molar-refractivity contribution in [2.75, 3.05) is 13.7 Å². The molecule has 2 atom stereocenters. The summed E-state index contributed by atoms with van der Waals surface area (Å²) in [4.78, 5) is 42.3. The van der Waals surface area contributed by atoms with Gasteiger partial charge in [-0.3, -0.25) is 14.4 Å². The first kappa shape index (κ1) is 19.6. The van der Waals surface area contributed by atoms with Gasteiger partial charge in [-0.1, -0.05) is 13.8 Å². The summed E-state index contributed by atoms with van der Waals surface area (Å²) in [5.74, 6) is -1.24. The number of H-pyrrole nitrogens is 1. The van der Waals surface area contributed by atoms with E-state index in [1.807, 2.05) is 13.8 Å². The number of esters is 1. The fraction of sp³-hybridized carbons (Fsp3) is 0.600. The molecule has 0 aromatic carbocycles. The Balaban J connectivity index is 2.71. The Morgan fingerprint density at radius 2 is 2.04 bits per heavy atom. The Labute approximate surface area is 140 Å². The van der Waals surface area contributed by atoms with Crippen LogP contribution in [0.2, 0.25) is 0 Å². The Bertz CT molecular complexity index is 544. The second-order valence-electron chi connectivity index (χ2n) is 5.87. The molecule has 24 heavy (non-hydrogen) atoms. The van der Waals surface area contributed by atoms with E-state index in [1.54, 1.807) is 6.20 Å². The van der Waals surface area contributed by atoms with Crippen molar-refractivity contribution < 1.29 is 19.1 Å². The molecule has 0 saturated carbocycles. The maximum Gasteiger partial charge on any atom is 0.325 e. The van der Waals surface area contributed by atoms with Gasteiger partial charge >= 0.3 is 5.97 Å². The molecule has 0 aliphatic rings. The van der Waals surface area contributed by atoms with Crippen LogP contribution in [0.1, 0.15) is 26.0 Å². The summed E-state index contributed by atoms with van der Waals surface area (Å²) in [6.07, 6.45) is 3.74. The van der Waals surface area contributed by atoms with Crippen LogP contribution in [0.15, 0.2) is 12.5 Å². The van der Waals surface area contributed by atoms with Crippen LogP contribution in [0.5, 0.6) is 0 Å². The third-order valence-electron chi connectivity index (χ3n) is 3.31. The van der Waals surface area contributed by atoms with E-state index in [1.165, 1.54) is 13.4 Å². The van der Waals surface area contributed by atoms with Gasteiger partial charge < -0.3 is 26.1 Å². The number of methoxy groups -OCH3 is 1. The number of rotatable bonds is 9. The number of imidazole rings is 1. The van der Waals surface area contributed by atoms with Crippen LogP contribution >= 0.6 is 0 Å². The minimum absolute atomic E-state index is 0.202. The van der Waals surface area contributed by atoms with Gasteiger partial charge in [0.25, 0.3) is 0 Å². The number of ether oxygens (including phenoxy) is 1. The molecule has 5 N–H and O–H groups in total. The molecule has 1 heterocycles. The molecule has 0 aliphatic heterocycles. The highest BCUT2D eigenvalue weighted by Crippen LogP contribution is 2.04. The van der Waals surface area contributed by atoms with Gasteiger partial charge in [-0.2, -0.15) is 0 Å². The van der Waals surface area contributed by atoms with Crippen molar-refractivity contribution in [3.63, 3.8) is 0 Å². The molecule has 9 heteroatoms. The van der Waals surface area contributed by atoms with E-state index >= 15 is 0 Å². The number of amides is 2. The quantitative estimate of drug-likeness (QED) is 0.430. The lowest BCUT2D eigenvalue weighted by molar-refractivity contribution is -0.141. The van der Waals surface area contributed by atoms with Crippen LogP contribution in [0.3, 0.4) is 0 Å². The molecule has 0 spiro atoms. The number of aromatic nitrogens is 2.